The number of anilines is 1. The zero-order valence-electron chi connectivity index (χ0n) is 11.5. The molecule has 0 radical (unpaired) electrons. The Morgan fingerprint density at radius 2 is 2.14 bits per heavy atom. The van der Waals surface area contributed by atoms with E-state index in [1.165, 1.54) is 11.0 Å². The lowest BCUT2D eigenvalue weighted by Crippen LogP contribution is -2.51. The van der Waals surface area contributed by atoms with Crippen molar-refractivity contribution in [1.29, 1.82) is 0 Å². The number of likely N-dealkylation sites (tertiary alicyclic amines) is 1. The quantitative estimate of drug-likeness (QED) is 0.880. The van der Waals surface area contributed by atoms with Gasteiger partial charge in [0.15, 0.2) is 0 Å². The average molecular weight is 315 g/mol. The number of rotatable bonds is 2. The van der Waals surface area contributed by atoms with Crippen LogP contribution in [0.15, 0.2) is 18.2 Å². The number of carboxylic acid groups (broad SMARTS) is 1. The normalized spacial score (nSPS) is 22.0. The maximum Gasteiger partial charge on any atom is 0.326 e. The highest BCUT2D eigenvalue weighted by molar-refractivity contribution is 6.30. The van der Waals surface area contributed by atoms with Crippen molar-refractivity contribution in [2.75, 3.05) is 11.9 Å². The fourth-order valence-electron chi connectivity index (χ4n) is 2.44. The second kappa shape index (κ2) is 6.30. The van der Waals surface area contributed by atoms with Crippen LogP contribution in [0.2, 0.25) is 5.02 Å². The minimum atomic E-state index is -1.03. The zero-order valence-corrected chi connectivity index (χ0v) is 12.2. The number of hydrogen-bond donors (Lipinski definition) is 2. The van der Waals surface area contributed by atoms with Gasteiger partial charge >= 0.3 is 12.0 Å². The molecule has 1 aromatic carbocycles. The van der Waals surface area contributed by atoms with Crippen LogP contribution in [-0.2, 0) is 4.79 Å². The maximum absolute atomic E-state index is 13.2. The van der Waals surface area contributed by atoms with Crippen LogP contribution < -0.4 is 5.32 Å². The van der Waals surface area contributed by atoms with Crippen LogP contribution in [0.25, 0.3) is 0 Å². The first-order chi connectivity index (χ1) is 9.86. The molecule has 1 saturated heterocycles. The summed E-state index contributed by atoms with van der Waals surface area (Å²) in [6, 6.07) is 2.24. The van der Waals surface area contributed by atoms with Crippen molar-refractivity contribution in [3.8, 4) is 0 Å². The number of nitrogens with zero attached hydrogens (tertiary/aromatic N) is 1. The van der Waals surface area contributed by atoms with E-state index in [0.717, 1.165) is 18.6 Å². The first-order valence-electron chi connectivity index (χ1n) is 6.63. The van der Waals surface area contributed by atoms with E-state index in [9.17, 15) is 19.1 Å². The summed E-state index contributed by atoms with van der Waals surface area (Å²) in [7, 11) is 0. The monoisotopic (exact) mass is 314 g/mol. The molecule has 21 heavy (non-hydrogen) atoms. The minimum Gasteiger partial charge on any atom is -0.480 e. The summed E-state index contributed by atoms with van der Waals surface area (Å²) in [5.74, 6) is -1.35. The van der Waals surface area contributed by atoms with Gasteiger partial charge in [-0.25, -0.2) is 14.0 Å². The molecule has 7 heteroatoms. The Morgan fingerprint density at radius 3 is 2.76 bits per heavy atom. The highest BCUT2D eigenvalue weighted by Crippen LogP contribution is 2.24. The lowest BCUT2D eigenvalue weighted by molar-refractivity contribution is -0.143. The summed E-state index contributed by atoms with van der Waals surface area (Å²) < 4.78 is 13.2. The SMILES string of the molecule is CC1CCN(C(=O)Nc2cc(F)cc(Cl)c2)C(C(=O)O)C1. The number of amides is 2. The molecule has 1 aromatic rings. The van der Waals surface area contributed by atoms with Crippen molar-refractivity contribution >= 4 is 29.3 Å². The van der Waals surface area contributed by atoms with Gasteiger partial charge in [-0.1, -0.05) is 18.5 Å². The number of halogens is 2. The molecule has 1 heterocycles. The molecule has 0 aromatic heterocycles. The van der Waals surface area contributed by atoms with E-state index in [1.807, 2.05) is 6.92 Å². The third-order valence-corrected chi connectivity index (χ3v) is 3.74. The highest BCUT2D eigenvalue weighted by Gasteiger charge is 2.34. The Hall–Kier alpha value is -1.82. The molecule has 2 atom stereocenters. The molecule has 1 fully saturated rings. The van der Waals surface area contributed by atoms with Crippen LogP contribution in [0.4, 0.5) is 14.9 Å². The van der Waals surface area contributed by atoms with E-state index in [1.54, 1.807) is 0 Å². The molecule has 2 unspecified atom stereocenters. The molecule has 0 aliphatic carbocycles. The highest BCUT2D eigenvalue weighted by atomic mass is 35.5. The number of hydrogen-bond acceptors (Lipinski definition) is 2. The van der Waals surface area contributed by atoms with Crippen LogP contribution in [0.5, 0.6) is 0 Å². The third-order valence-electron chi connectivity index (χ3n) is 3.52. The molecule has 2 amide bonds. The van der Waals surface area contributed by atoms with Crippen molar-refractivity contribution in [3.63, 3.8) is 0 Å². The minimum absolute atomic E-state index is 0.160. The van der Waals surface area contributed by atoms with Gasteiger partial charge in [-0.15, -0.1) is 0 Å². The number of piperidine rings is 1. The summed E-state index contributed by atoms with van der Waals surface area (Å²) >= 11 is 5.72. The van der Waals surface area contributed by atoms with Gasteiger partial charge in [0.1, 0.15) is 11.9 Å². The van der Waals surface area contributed by atoms with Crippen LogP contribution >= 0.6 is 11.6 Å². The van der Waals surface area contributed by atoms with E-state index < -0.39 is 23.9 Å². The second-order valence-electron chi connectivity index (χ2n) is 5.27. The number of nitrogens with one attached hydrogen (secondary N) is 1. The molecule has 2 N–H and O–H groups in total. The number of benzene rings is 1. The second-order valence-corrected chi connectivity index (χ2v) is 5.70. The summed E-state index contributed by atoms with van der Waals surface area (Å²) in [5, 5.41) is 11.9. The van der Waals surface area contributed by atoms with Crippen molar-refractivity contribution < 1.29 is 19.1 Å². The van der Waals surface area contributed by atoms with E-state index in [4.69, 9.17) is 11.6 Å². The molecule has 0 bridgehead atoms. The Bertz CT molecular complexity index is 547. The Labute approximate surface area is 126 Å². The summed E-state index contributed by atoms with van der Waals surface area (Å²) in [4.78, 5) is 24.7. The molecule has 0 saturated carbocycles. The number of carbonyl (C=O) groups is 2. The number of urea groups is 1. The summed E-state index contributed by atoms with van der Waals surface area (Å²) in [6.45, 7) is 2.31. The fourth-order valence-corrected chi connectivity index (χ4v) is 2.66. The van der Waals surface area contributed by atoms with Crippen molar-refractivity contribution in [1.82, 2.24) is 4.90 Å². The third kappa shape index (κ3) is 3.85. The molecule has 1 aliphatic heterocycles. The van der Waals surface area contributed by atoms with Crippen LogP contribution in [0.3, 0.4) is 0 Å². The van der Waals surface area contributed by atoms with Crippen LogP contribution in [-0.4, -0.2) is 34.6 Å². The van der Waals surface area contributed by atoms with Gasteiger partial charge in [0.25, 0.3) is 0 Å². The Balaban J connectivity index is 2.12. The molecule has 0 spiro atoms. The first kappa shape index (κ1) is 15.6. The fraction of sp³-hybridized carbons (Fsp3) is 0.429. The molecule has 2 rings (SSSR count). The number of aliphatic carboxylic acids is 1. The van der Waals surface area contributed by atoms with Crippen molar-refractivity contribution in [3.05, 3.63) is 29.0 Å². The first-order valence-corrected chi connectivity index (χ1v) is 7.01. The molecule has 1 aliphatic rings. The predicted molar refractivity (Wildman–Crippen MR) is 77.0 cm³/mol. The molecule has 114 valence electrons. The van der Waals surface area contributed by atoms with Gasteiger partial charge < -0.3 is 15.3 Å². The van der Waals surface area contributed by atoms with E-state index >= 15 is 0 Å². The van der Waals surface area contributed by atoms with Crippen molar-refractivity contribution in [2.45, 2.75) is 25.8 Å². The van der Waals surface area contributed by atoms with Crippen molar-refractivity contribution in [2.24, 2.45) is 5.92 Å². The van der Waals surface area contributed by atoms with E-state index in [-0.39, 0.29) is 16.6 Å². The van der Waals surface area contributed by atoms with Gasteiger partial charge in [0.05, 0.1) is 0 Å². The summed E-state index contributed by atoms with van der Waals surface area (Å²) in [6.07, 6.45) is 1.15. The maximum atomic E-state index is 13.2. The lowest BCUT2D eigenvalue weighted by Gasteiger charge is -2.35. The predicted octanol–water partition coefficient (Wildman–Crippen LogP) is 3.20. The smallest absolute Gasteiger partial charge is 0.326 e. The van der Waals surface area contributed by atoms with Gasteiger partial charge in [-0.2, -0.15) is 0 Å². The van der Waals surface area contributed by atoms with E-state index in [0.29, 0.717) is 13.0 Å². The molecular formula is C14H16ClFN2O3. The van der Waals surface area contributed by atoms with Gasteiger partial charge in [-0.3, -0.25) is 0 Å². The average Bonchev–Trinajstić information content (AvgIpc) is 2.36. The Morgan fingerprint density at radius 1 is 1.43 bits per heavy atom. The van der Waals surface area contributed by atoms with Gasteiger partial charge in [0, 0.05) is 17.3 Å². The number of carbonyl (C=O) groups excluding carboxylic acids is 1. The van der Waals surface area contributed by atoms with Gasteiger partial charge in [-0.05, 0) is 37.0 Å². The Kier molecular flexibility index (Phi) is 4.67. The topological polar surface area (TPSA) is 69.6 Å². The zero-order chi connectivity index (χ0) is 15.6. The summed E-state index contributed by atoms with van der Waals surface area (Å²) in [5.41, 5.74) is 0.202. The number of carboxylic acids is 1. The van der Waals surface area contributed by atoms with Crippen LogP contribution in [0.1, 0.15) is 19.8 Å². The van der Waals surface area contributed by atoms with Crippen LogP contribution in [0, 0.1) is 11.7 Å². The molecular weight excluding hydrogens is 299 g/mol. The molecule has 5 nitrogen and oxygen atoms in total. The lowest BCUT2D eigenvalue weighted by atomic mass is 9.93. The van der Waals surface area contributed by atoms with E-state index in [2.05, 4.69) is 5.32 Å². The van der Waals surface area contributed by atoms with Gasteiger partial charge in [0.2, 0.25) is 0 Å². The standard InChI is InChI=1S/C14H16ClFN2O3/c1-8-2-3-18(12(4-8)13(19)20)14(21)17-11-6-9(15)5-10(16)7-11/h5-8,12H,2-4H2,1H3,(H,17,21)(H,19,20). The largest absolute Gasteiger partial charge is 0.480 e.